The third-order valence-corrected chi connectivity index (χ3v) is 6.79. The summed E-state index contributed by atoms with van der Waals surface area (Å²) in [6.45, 7) is 4.42. The monoisotopic (exact) mass is 455 g/mol. The molecule has 6 rings (SSSR count). The highest BCUT2D eigenvalue weighted by Gasteiger charge is 2.34. The van der Waals surface area contributed by atoms with Crippen LogP contribution in [0, 0.1) is 5.92 Å². The van der Waals surface area contributed by atoms with E-state index in [1.54, 1.807) is 0 Å². The van der Waals surface area contributed by atoms with Crippen molar-refractivity contribution in [1.29, 1.82) is 0 Å². The SMILES string of the molecule is Cn1ccc(-c2ccc3nc(Cc4cc(CN5CCN(C(=O)C6CC6)CC5)ccn4)[nH]c3c2)n1. The van der Waals surface area contributed by atoms with Gasteiger partial charge in [0.1, 0.15) is 5.82 Å². The number of piperazine rings is 1. The van der Waals surface area contributed by atoms with Gasteiger partial charge in [0.15, 0.2) is 0 Å². The Hall–Kier alpha value is -3.52. The van der Waals surface area contributed by atoms with E-state index < -0.39 is 0 Å². The number of amides is 1. The summed E-state index contributed by atoms with van der Waals surface area (Å²) in [7, 11) is 1.92. The summed E-state index contributed by atoms with van der Waals surface area (Å²) < 4.78 is 1.81. The molecule has 0 spiro atoms. The van der Waals surface area contributed by atoms with Crippen LogP contribution in [0.5, 0.6) is 0 Å². The fourth-order valence-corrected chi connectivity index (χ4v) is 4.74. The highest BCUT2D eigenvalue weighted by Crippen LogP contribution is 2.31. The standard InChI is InChI=1S/C26H29N7O/c1-31-9-7-22(30-31)20-4-5-23-24(15-20)29-25(28-23)16-21-14-18(6-8-27-21)17-32-10-12-33(13-11-32)26(34)19-2-3-19/h4-9,14-15,19H,2-3,10-13,16-17H2,1H3,(H,28,29). The normalized spacial score (nSPS) is 16.9. The van der Waals surface area contributed by atoms with E-state index in [4.69, 9.17) is 4.98 Å². The van der Waals surface area contributed by atoms with Gasteiger partial charge in [0.2, 0.25) is 5.91 Å². The van der Waals surface area contributed by atoms with Gasteiger partial charge in [-0.05, 0) is 48.7 Å². The lowest BCUT2D eigenvalue weighted by Crippen LogP contribution is -2.48. The fourth-order valence-electron chi connectivity index (χ4n) is 4.74. The van der Waals surface area contributed by atoms with Crippen molar-refractivity contribution >= 4 is 16.9 Å². The summed E-state index contributed by atoms with van der Waals surface area (Å²) in [5, 5.41) is 4.49. The molecule has 8 heteroatoms. The van der Waals surface area contributed by atoms with Crippen LogP contribution >= 0.6 is 0 Å². The molecule has 3 aromatic heterocycles. The van der Waals surface area contributed by atoms with Gasteiger partial charge < -0.3 is 9.88 Å². The third kappa shape index (κ3) is 4.46. The molecule has 174 valence electrons. The molecule has 1 aliphatic heterocycles. The van der Waals surface area contributed by atoms with E-state index in [0.717, 1.165) is 79.4 Å². The van der Waals surface area contributed by atoms with Crippen LogP contribution in [0.3, 0.4) is 0 Å². The minimum absolute atomic E-state index is 0.314. The third-order valence-electron chi connectivity index (χ3n) is 6.79. The summed E-state index contributed by atoms with van der Waals surface area (Å²) in [4.78, 5) is 29.6. The molecule has 0 atom stereocenters. The van der Waals surface area contributed by atoms with Crippen LogP contribution < -0.4 is 0 Å². The number of aryl methyl sites for hydroxylation is 1. The van der Waals surface area contributed by atoms with E-state index in [-0.39, 0.29) is 0 Å². The van der Waals surface area contributed by atoms with Gasteiger partial charge in [0.05, 0.1) is 16.7 Å². The van der Waals surface area contributed by atoms with Gasteiger partial charge in [-0.15, -0.1) is 0 Å². The molecule has 1 aliphatic carbocycles. The highest BCUT2D eigenvalue weighted by molar-refractivity contribution is 5.81. The number of aromatic amines is 1. The van der Waals surface area contributed by atoms with E-state index in [0.29, 0.717) is 18.2 Å². The predicted molar refractivity (Wildman–Crippen MR) is 130 cm³/mol. The molecule has 1 amide bonds. The molecule has 4 aromatic rings. The maximum absolute atomic E-state index is 12.3. The number of benzene rings is 1. The number of rotatable bonds is 6. The smallest absolute Gasteiger partial charge is 0.225 e. The molecule has 0 radical (unpaired) electrons. The second-order valence-corrected chi connectivity index (χ2v) is 9.50. The minimum Gasteiger partial charge on any atom is -0.342 e. The zero-order valence-electron chi connectivity index (χ0n) is 19.4. The van der Waals surface area contributed by atoms with E-state index >= 15 is 0 Å². The van der Waals surface area contributed by atoms with Crippen molar-refractivity contribution in [3.63, 3.8) is 0 Å². The van der Waals surface area contributed by atoms with Crippen molar-refractivity contribution in [2.75, 3.05) is 26.2 Å². The molecule has 2 aliphatic rings. The Bertz CT molecular complexity index is 1330. The first kappa shape index (κ1) is 21.0. The first-order valence-electron chi connectivity index (χ1n) is 12.0. The van der Waals surface area contributed by atoms with E-state index in [9.17, 15) is 4.79 Å². The number of H-pyrrole nitrogens is 1. The summed E-state index contributed by atoms with van der Waals surface area (Å²) in [5.41, 5.74) is 6.23. The predicted octanol–water partition coefficient (Wildman–Crippen LogP) is 3.00. The maximum atomic E-state index is 12.3. The van der Waals surface area contributed by atoms with E-state index in [2.05, 4.69) is 44.2 Å². The van der Waals surface area contributed by atoms with Gasteiger partial charge in [0.25, 0.3) is 0 Å². The molecule has 1 saturated heterocycles. The molecule has 1 aromatic carbocycles. The van der Waals surface area contributed by atoms with Crippen LogP contribution in [0.25, 0.3) is 22.3 Å². The van der Waals surface area contributed by atoms with Gasteiger partial charge in [-0.25, -0.2) is 4.98 Å². The number of hydrogen-bond donors (Lipinski definition) is 1. The number of aromatic nitrogens is 5. The Morgan fingerprint density at radius 3 is 2.71 bits per heavy atom. The van der Waals surface area contributed by atoms with Gasteiger partial charge in [-0.3, -0.25) is 19.4 Å². The van der Waals surface area contributed by atoms with Crippen LogP contribution in [0.2, 0.25) is 0 Å². The van der Waals surface area contributed by atoms with Crippen molar-refractivity contribution in [3.8, 4) is 11.3 Å². The Morgan fingerprint density at radius 2 is 1.94 bits per heavy atom. The lowest BCUT2D eigenvalue weighted by molar-refractivity contribution is -0.134. The quantitative estimate of drug-likeness (QED) is 0.483. The fraction of sp³-hybridized carbons (Fsp3) is 0.385. The van der Waals surface area contributed by atoms with Crippen molar-refractivity contribution < 1.29 is 4.79 Å². The first-order chi connectivity index (χ1) is 16.6. The van der Waals surface area contributed by atoms with Crippen molar-refractivity contribution in [1.82, 2.24) is 34.5 Å². The number of imidazole rings is 1. The average molecular weight is 456 g/mol. The van der Waals surface area contributed by atoms with Crippen LogP contribution in [0.4, 0.5) is 0 Å². The number of pyridine rings is 1. The summed E-state index contributed by atoms with van der Waals surface area (Å²) >= 11 is 0. The Morgan fingerprint density at radius 1 is 1.09 bits per heavy atom. The number of nitrogens with zero attached hydrogens (tertiary/aromatic N) is 6. The van der Waals surface area contributed by atoms with Gasteiger partial charge in [0, 0.05) is 75.8 Å². The lowest BCUT2D eigenvalue weighted by atomic mass is 10.1. The lowest BCUT2D eigenvalue weighted by Gasteiger charge is -2.35. The molecular formula is C26H29N7O. The largest absolute Gasteiger partial charge is 0.342 e. The maximum Gasteiger partial charge on any atom is 0.225 e. The second kappa shape index (κ2) is 8.68. The topological polar surface area (TPSA) is 82.9 Å². The molecule has 1 saturated carbocycles. The summed E-state index contributed by atoms with van der Waals surface area (Å²) in [5.74, 6) is 1.59. The first-order valence-corrected chi connectivity index (χ1v) is 12.0. The number of carbonyl (C=O) groups excluding carboxylic acids is 1. The van der Waals surface area contributed by atoms with Crippen LogP contribution in [-0.4, -0.2) is 66.6 Å². The van der Waals surface area contributed by atoms with Crippen LogP contribution in [0.15, 0.2) is 48.8 Å². The number of hydrogen-bond acceptors (Lipinski definition) is 5. The zero-order valence-corrected chi connectivity index (χ0v) is 19.4. The van der Waals surface area contributed by atoms with Crippen molar-refractivity contribution in [3.05, 3.63) is 65.9 Å². The Labute approximate surface area is 198 Å². The van der Waals surface area contributed by atoms with Gasteiger partial charge in [-0.1, -0.05) is 6.07 Å². The summed E-state index contributed by atoms with van der Waals surface area (Å²) in [6.07, 6.45) is 6.65. The van der Waals surface area contributed by atoms with Gasteiger partial charge >= 0.3 is 0 Å². The molecular weight excluding hydrogens is 426 g/mol. The van der Waals surface area contributed by atoms with E-state index in [1.807, 2.05) is 41.2 Å². The average Bonchev–Trinajstić information content (AvgIpc) is 3.48. The zero-order chi connectivity index (χ0) is 23.1. The van der Waals surface area contributed by atoms with Crippen LogP contribution in [0.1, 0.15) is 29.9 Å². The van der Waals surface area contributed by atoms with Crippen molar-refractivity contribution in [2.45, 2.75) is 25.8 Å². The molecule has 0 unspecified atom stereocenters. The van der Waals surface area contributed by atoms with Crippen LogP contribution in [-0.2, 0) is 24.8 Å². The number of fused-ring (bicyclic) bond motifs is 1. The summed E-state index contributed by atoms with van der Waals surface area (Å²) in [6, 6.07) is 12.5. The number of nitrogens with one attached hydrogen (secondary N) is 1. The molecule has 1 N–H and O–H groups in total. The second-order valence-electron chi connectivity index (χ2n) is 9.50. The van der Waals surface area contributed by atoms with E-state index in [1.165, 1.54) is 5.56 Å². The number of carbonyl (C=O) groups is 1. The Kier molecular flexibility index (Phi) is 5.37. The Balaban J connectivity index is 1.11. The molecule has 0 bridgehead atoms. The highest BCUT2D eigenvalue weighted by atomic mass is 16.2. The molecule has 34 heavy (non-hydrogen) atoms. The molecule has 4 heterocycles. The van der Waals surface area contributed by atoms with Gasteiger partial charge in [-0.2, -0.15) is 5.10 Å². The molecule has 8 nitrogen and oxygen atoms in total. The minimum atomic E-state index is 0.314. The van der Waals surface area contributed by atoms with Crippen molar-refractivity contribution in [2.24, 2.45) is 13.0 Å². The molecule has 2 fully saturated rings.